The van der Waals surface area contributed by atoms with Crippen molar-refractivity contribution in [1.82, 2.24) is 15.8 Å². The van der Waals surface area contributed by atoms with Gasteiger partial charge in [0, 0.05) is 11.9 Å². The van der Waals surface area contributed by atoms with E-state index in [4.69, 9.17) is 0 Å². The quantitative estimate of drug-likeness (QED) is 0.826. The molecule has 0 saturated heterocycles. The lowest BCUT2D eigenvalue weighted by Crippen LogP contribution is -2.37. The topological polar surface area (TPSA) is 54.0 Å². The third-order valence-corrected chi connectivity index (χ3v) is 4.03. The van der Waals surface area contributed by atoms with Gasteiger partial charge in [-0.15, -0.1) is 0 Å². The predicted molar refractivity (Wildman–Crippen MR) is 89.1 cm³/mol. The molecular weight excluding hydrogens is 274 g/mol. The predicted octanol–water partition coefficient (Wildman–Crippen LogP) is 4.11. The Bertz CT molecular complexity index is 470. The van der Waals surface area contributed by atoms with Crippen molar-refractivity contribution < 1.29 is 4.79 Å². The van der Waals surface area contributed by atoms with E-state index in [2.05, 4.69) is 21.9 Å². The molecule has 1 aliphatic rings. The van der Waals surface area contributed by atoms with Crippen LogP contribution in [0.25, 0.3) is 0 Å². The maximum Gasteiger partial charge on any atom is 0.288 e. The Morgan fingerprint density at radius 3 is 2.41 bits per heavy atom. The number of hydrogen-bond donors (Lipinski definition) is 2. The summed E-state index contributed by atoms with van der Waals surface area (Å²) < 4.78 is 0. The number of rotatable bonds is 3. The highest BCUT2D eigenvalue weighted by Gasteiger charge is 2.06. The van der Waals surface area contributed by atoms with E-state index in [1.807, 2.05) is 6.07 Å². The number of hydrazine groups is 1. The molecule has 0 unspecified atom stereocenters. The van der Waals surface area contributed by atoms with Crippen LogP contribution in [0.4, 0.5) is 0 Å². The van der Waals surface area contributed by atoms with Crippen LogP contribution in [-0.2, 0) is 0 Å². The van der Waals surface area contributed by atoms with Crippen molar-refractivity contribution >= 4 is 5.91 Å². The number of allylic oxidation sites excluding steroid dienone is 2. The maximum atomic E-state index is 12.0. The average molecular weight is 301 g/mol. The first-order valence-electron chi connectivity index (χ1n) is 8.53. The van der Waals surface area contributed by atoms with Gasteiger partial charge in [-0.1, -0.05) is 50.7 Å². The summed E-state index contributed by atoms with van der Waals surface area (Å²) in [5.41, 5.74) is 7.42. The van der Waals surface area contributed by atoms with Crippen molar-refractivity contribution in [2.75, 3.05) is 0 Å². The molecule has 2 N–H and O–H groups in total. The SMILES string of the molecule is O=C(NNC1=CCCCCCCCCCC1)c1ccccn1. The molecule has 2 rings (SSSR count). The van der Waals surface area contributed by atoms with Crippen molar-refractivity contribution in [1.29, 1.82) is 0 Å². The number of carbonyl (C=O) groups excluding carboxylic acids is 1. The van der Waals surface area contributed by atoms with Crippen molar-refractivity contribution in [3.63, 3.8) is 0 Å². The van der Waals surface area contributed by atoms with Crippen LogP contribution < -0.4 is 10.9 Å². The molecule has 0 bridgehead atoms. The number of nitrogens with one attached hydrogen (secondary N) is 2. The van der Waals surface area contributed by atoms with E-state index in [9.17, 15) is 4.79 Å². The molecule has 0 atom stereocenters. The Morgan fingerprint density at radius 1 is 0.955 bits per heavy atom. The summed E-state index contributed by atoms with van der Waals surface area (Å²) in [4.78, 5) is 16.1. The van der Waals surface area contributed by atoms with Crippen LogP contribution in [0.1, 0.15) is 74.7 Å². The van der Waals surface area contributed by atoms with Crippen molar-refractivity contribution in [3.05, 3.63) is 41.9 Å². The van der Waals surface area contributed by atoms with Gasteiger partial charge in [-0.05, 0) is 37.8 Å². The molecular formula is C18H27N3O. The van der Waals surface area contributed by atoms with Crippen LogP contribution in [0.15, 0.2) is 36.2 Å². The van der Waals surface area contributed by atoms with E-state index < -0.39 is 0 Å². The molecule has 22 heavy (non-hydrogen) atoms. The standard InChI is InChI=1S/C18H27N3O/c22-18(17-14-10-11-15-19-17)21-20-16-12-8-6-4-2-1-3-5-7-9-13-16/h10-12,14-15,20H,1-9,13H2,(H,21,22). The van der Waals surface area contributed by atoms with E-state index >= 15 is 0 Å². The lowest BCUT2D eigenvalue weighted by Gasteiger charge is -2.13. The Balaban J connectivity index is 1.83. The monoisotopic (exact) mass is 301 g/mol. The third kappa shape index (κ3) is 6.29. The molecule has 0 radical (unpaired) electrons. The highest BCUT2D eigenvalue weighted by atomic mass is 16.2. The summed E-state index contributed by atoms with van der Waals surface area (Å²) in [5, 5.41) is 0. The molecule has 0 aliphatic heterocycles. The van der Waals surface area contributed by atoms with Crippen molar-refractivity contribution in [2.24, 2.45) is 0 Å². The minimum absolute atomic E-state index is 0.187. The van der Waals surface area contributed by atoms with Gasteiger partial charge >= 0.3 is 0 Å². The second-order valence-corrected chi connectivity index (χ2v) is 5.89. The Hall–Kier alpha value is -1.84. The van der Waals surface area contributed by atoms with Gasteiger partial charge in [0.2, 0.25) is 0 Å². The summed E-state index contributed by atoms with van der Waals surface area (Å²) in [6.07, 6.45) is 16.4. The van der Waals surface area contributed by atoms with E-state index in [0.717, 1.165) is 18.5 Å². The normalized spacial score (nSPS) is 17.5. The number of pyridine rings is 1. The highest BCUT2D eigenvalue weighted by molar-refractivity contribution is 5.91. The molecule has 1 aliphatic carbocycles. The number of carbonyl (C=O) groups is 1. The number of nitrogens with zero attached hydrogens (tertiary/aromatic N) is 1. The molecule has 0 fully saturated rings. The van der Waals surface area contributed by atoms with E-state index in [1.165, 1.54) is 51.4 Å². The zero-order valence-corrected chi connectivity index (χ0v) is 13.3. The summed E-state index contributed by atoms with van der Waals surface area (Å²) in [7, 11) is 0. The zero-order chi connectivity index (χ0) is 15.5. The van der Waals surface area contributed by atoms with Crippen molar-refractivity contribution in [2.45, 2.75) is 64.2 Å². The fourth-order valence-corrected chi connectivity index (χ4v) is 2.71. The summed E-state index contributed by atoms with van der Waals surface area (Å²) in [6.45, 7) is 0. The third-order valence-electron chi connectivity index (χ3n) is 4.03. The fourth-order valence-electron chi connectivity index (χ4n) is 2.71. The summed E-state index contributed by atoms with van der Waals surface area (Å²) in [5.74, 6) is -0.187. The Morgan fingerprint density at radius 2 is 1.68 bits per heavy atom. The minimum atomic E-state index is -0.187. The van der Waals surface area contributed by atoms with Crippen LogP contribution >= 0.6 is 0 Å². The Labute approximate surface area is 133 Å². The average Bonchev–Trinajstić information content (AvgIpc) is 2.55. The van der Waals surface area contributed by atoms with Gasteiger partial charge in [0.1, 0.15) is 5.69 Å². The summed E-state index contributed by atoms with van der Waals surface area (Å²) >= 11 is 0. The second-order valence-electron chi connectivity index (χ2n) is 5.89. The minimum Gasteiger partial charge on any atom is -0.303 e. The molecule has 1 amide bonds. The van der Waals surface area contributed by atoms with Gasteiger partial charge in [0.15, 0.2) is 0 Å². The number of aromatic nitrogens is 1. The van der Waals surface area contributed by atoms with Crippen LogP contribution in [-0.4, -0.2) is 10.9 Å². The lowest BCUT2D eigenvalue weighted by molar-refractivity contribution is 0.0933. The van der Waals surface area contributed by atoms with Crippen LogP contribution in [0.3, 0.4) is 0 Å². The molecule has 0 saturated carbocycles. The molecule has 1 heterocycles. The van der Waals surface area contributed by atoms with Gasteiger partial charge < -0.3 is 5.43 Å². The van der Waals surface area contributed by atoms with E-state index in [-0.39, 0.29) is 5.91 Å². The van der Waals surface area contributed by atoms with Crippen LogP contribution in [0.5, 0.6) is 0 Å². The largest absolute Gasteiger partial charge is 0.303 e. The molecule has 4 nitrogen and oxygen atoms in total. The fraction of sp³-hybridized carbons (Fsp3) is 0.556. The smallest absolute Gasteiger partial charge is 0.288 e. The second kappa shape index (κ2) is 9.98. The van der Waals surface area contributed by atoms with Gasteiger partial charge in [-0.25, -0.2) is 0 Å². The number of amides is 1. The number of hydrogen-bond acceptors (Lipinski definition) is 3. The van der Waals surface area contributed by atoms with Gasteiger partial charge in [0.25, 0.3) is 5.91 Å². The molecule has 1 aromatic rings. The summed E-state index contributed by atoms with van der Waals surface area (Å²) in [6, 6.07) is 5.34. The zero-order valence-electron chi connectivity index (χ0n) is 13.3. The molecule has 1 aromatic heterocycles. The first-order chi connectivity index (χ1) is 10.9. The van der Waals surface area contributed by atoms with Gasteiger partial charge in [0.05, 0.1) is 0 Å². The highest BCUT2D eigenvalue weighted by Crippen LogP contribution is 2.15. The molecule has 120 valence electrons. The molecule has 0 aromatic carbocycles. The van der Waals surface area contributed by atoms with Crippen molar-refractivity contribution in [3.8, 4) is 0 Å². The maximum absolute atomic E-state index is 12.0. The van der Waals surface area contributed by atoms with Crippen LogP contribution in [0, 0.1) is 0 Å². The van der Waals surface area contributed by atoms with Gasteiger partial charge in [-0.2, -0.15) is 0 Å². The van der Waals surface area contributed by atoms with E-state index in [1.54, 1.807) is 18.3 Å². The first kappa shape index (κ1) is 16.5. The molecule has 0 spiro atoms. The first-order valence-corrected chi connectivity index (χ1v) is 8.53. The van der Waals surface area contributed by atoms with E-state index in [0.29, 0.717) is 5.69 Å². The van der Waals surface area contributed by atoms with Crippen LogP contribution in [0.2, 0.25) is 0 Å². The van der Waals surface area contributed by atoms with Gasteiger partial charge in [-0.3, -0.25) is 15.2 Å². The lowest BCUT2D eigenvalue weighted by atomic mass is 10.0. The Kier molecular flexibility index (Phi) is 7.50. The molecule has 4 heteroatoms.